The summed E-state index contributed by atoms with van der Waals surface area (Å²) in [5.74, 6) is 0.743. The van der Waals surface area contributed by atoms with Gasteiger partial charge in [-0.15, -0.1) is 0 Å². The van der Waals surface area contributed by atoms with Gasteiger partial charge in [-0.1, -0.05) is 55.7 Å². The predicted octanol–water partition coefficient (Wildman–Crippen LogP) is 2.33. The van der Waals surface area contributed by atoms with Crippen LogP contribution < -0.4 is 20.4 Å². The van der Waals surface area contributed by atoms with Crippen molar-refractivity contribution in [3.8, 4) is 5.75 Å². The molecule has 0 bridgehead atoms. The number of ether oxygens (including phenoxy) is 1. The van der Waals surface area contributed by atoms with Crippen LogP contribution in [-0.4, -0.2) is 21.2 Å². The summed E-state index contributed by atoms with van der Waals surface area (Å²) in [6.07, 6.45) is 6.32. The van der Waals surface area contributed by atoms with Crippen LogP contribution >= 0.6 is 11.3 Å². The third kappa shape index (κ3) is 3.99. The number of rotatable bonds is 7. The maximum atomic E-state index is 12.5. The maximum Gasteiger partial charge on any atom is 0.295 e. The molecule has 0 aliphatic carbocycles. The van der Waals surface area contributed by atoms with E-state index >= 15 is 0 Å². The zero-order valence-corrected chi connectivity index (χ0v) is 15.7. The molecule has 0 aliphatic heterocycles. The first kappa shape index (κ1) is 18.3. The molecule has 0 atom stereocenters. The molecule has 7 heteroatoms. The summed E-state index contributed by atoms with van der Waals surface area (Å²) < 4.78 is 7.54. The highest BCUT2D eigenvalue weighted by atomic mass is 32.1. The molecular weight excluding hydrogens is 350 g/mol. The summed E-state index contributed by atoms with van der Waals surface area (Å²) in [5, 5.41) is 4.03. The van der Waals surface area contributed by atoms with E-state index < -0.39 is 5.56 Å². The summed E-state index contributed by atoms with van der Waals surface area (Å²) in [5.41, 5.74) is 0.345. The normalized spacial score (nSPS) is 12.0. The lowest BCUT2D eigenvalue weighted by Crippen LogP contribution is -2.27. The molecule has 3 aromatic rings. The van der Waals surface area contributed by atoms with Gasteiger partial charge in [0.1, 0.15) is 11.4 Å². The molecule has 26 heavy (non-hydrogen) atoms. The molecule has 1 aromatic carbocycles. The molecule has 6 nitrogen and oxygen atoms in total. The van der Waals surface area contributed by atoms with Crippen molar-refractivity contribution in [2.24, 2.45) is 0 Å². The van der Waals surface area contributed by atoms with Crippen LogP contribution in [0.1, 0.15) is 43.9 Å². The summed E-state index contributed by atoms with van der Waals surface area (Å²) in [6, 6.07) is 7.61. The maximum absolute atomic E-state index is 12.5. The van der Waals surface area contributed by atoms with Crippen LogP contribution in [0.2, 0.25) is 0 Å². The lowest BCUT2D eigenvalue weighted by Gasteiger charge is -2.08. The van der Waals surface area contributed by atoms with Crippen molar-refractivity contribution in [2.75, 3.05) is 6.61 Å². The Morgan fingerprint density at radius 3 is 2.81 bits per heavy atom. The van der Waals surface area contributed by atoms with E-state index in [1.807, 2.05) is 24.3 Å². The van der Waals surface area contributed by atoms with Gasteiger partial charge in [0.05, 0.1) is 11.1 Å². The zero-order chi connectivity index (χ0) is 18.5. The molecule has 0 N–H and O–H groups in total. The Morgan fingerprint density at radius 2 is 2.00 bits per heavy atom. The molecule has 3 rings (SSSR count). The molecule has 0 saturated carbocycles. The van der Waals surface area contributed by atoms with Gasteiger partial charge in [0, 0.05) is 5.56 Å². The number of aromatic nitrogens is 3. The molecule has 0 amide bonds. The average molecular weight is 371 g/mol. The predicted molar refractivity (Wildman–Crippen MR) is 103 cm³/mol. The average Bonchev–Trinajstić information content (AvgIpc) is 2.92. The van der Waals surface area contributed by atoms with Crippen molar-refractivity contribution >= 4 is 22.4 Å². The lowest BCUT2D eigenvalue weighted by atomic mass is 10.2. The fourth-order valence-electron chi connectivity index (χ4n) is 2.57. The first-order chi connectivity index (χ1) is 12.6. The quantitative estimate of drug-likeness (QED) is 0.596. The van der Waals surface area contributed by atoms with E-state index in [0.717, 1.165) is 35.5 Å². The Morgan fingerprint density at radius 1 is 1.19 bits per heavy atom. The van der Waals surface area contributed by atoms with Gasteiger partial charge in [0.2, 0.25) is 4.96 Å². The lowest BCUT2D eigenvalue weighted by molar-refractivity contribution is 0.304. The number of thiazole rings is 1. The van der Waals surface area contributed by atoms with Crippen molar-refractivity contribution in [1.82, 2.24) is 14.6 Å². The topological polar surface area (TPSA) is 73.6 Å². The fraction of sp³-hybridized carbons (Fsp3) is 0.368. The third-order valence-electron chi connectivity index (χ3n) is 4.00. The fourth-order valence-corrected chi connectivity index (χ4v) is 3.47. The summed E-state index contributed by atoms with van der Waals surface area (Å²) in [6.45, 7) is 4.37. The van der Waals surface area contributed by atoms with Crippen LogP contribution in [0.5, 0.6) is 5.75 Å². The van der Waals surface area contributed by atoms with Gasteiger partial charge in [0.15, 0.2) is 0 Å². The second kappa shape index (κ2) is 8.23. The highest BCUT2D eigenvalue weighted by Gasteiger charge is 2.09. The van der Waals surface area contributed by atoms with Crippen molar-refractivity contribution in [3.63, 3.8) is 0 Å². The number of benzene rings is 1. The highest BCUT2D eigenvalue weighted by Crippen LogP contribution is 2.19. The molecule has 136 valence electrons. The minimum atomic E-state index is -0.409. The third-order valence-corrected chi connectivity index (χ3v) is 4.96. The van der Waals surface area contributed by atoms with Crippen LogP contribution in [0.25, 0.3) is 11.0 Å². The van der Waals surface area contributed by atoms with Crippen LogP contribution in [-0.2, 0) is 0 Å². The summed E-state index contributed by atoms with van der Waals surface area (Å²) in [7, 11) is 0. The molecule has 2 heterocycles. The van der Waals surface area contributed by atoms with E-state index in [1.165, 1.54) is 17.4 Å². The van der Waals surface area contributed by atoms with Crippen LogP contribution in [0.3, 0.4) is 0 Å². The Labute approximate surface area is 154 Å². The Hall–Kier alpha value is -2.54. The number of aryl methyl sites for hydroxylation is 1. The summed E-state index contributed by atoms with van der Waals surface area (Å²) in [4.78, 5) is 28.4. The molecule has 0 saturated heterocycles. The number of nitrogens with zero attached hydrogens (tertiary/aromatic N) is 3. The van der Waals surface area contributed by atoms with E-state index in [9.17, 15) is 9.59 Å². The second-order valence-electron chi connectivity index (χ2n) is 6.06. The van der Waals surface area contributed by atoms with Crippen molar-refractivity contribution in [1.29, 1.82) is 0 Å². The number of hydrogen-bond acceptors (Lipinski definition) is 6. The van der Waals surface area contributed by atoms with Crippen LogP contribution in [0.4, 0.5) is 0 Å². The first-order valence-electron chi connectivity index (χ1n) is 8.74. The van der Waals surface area contributed by atoms with Crippen LogP contribution in [0.15, 0.2) is 33.9 Å². The van der Waals surface area contributed by atoms with Crippen LogP contribution in [0, 0.1) is 6.92 Å². The van der Waals surface area contributed by atoms with E-state index in [1.54, 1.807) is 13.0 Å². The molecule has 0 spiro atoms. The largest absolute Gasteiger partial charge is 0.493 e. The van der Waals surface area contributed by atoms with E-state index in [2.05, 4.69) is 17.0 Å². The van der Waals surface area contributed by atoms with Gasteiger partial charge in [-0.3, -0.25) is 9.59 Å². The number of hydrogen-bond donors (Lipinski definition) is 0. The minimum absolute atomic E-state index is 0.208. The number of fused-ring (bicyclic) bond motifs is 1. The smallest absolute Gasteiger partial charge is 0.295 e. The molecular formula is C19H21N3O3S. The van der Waals surface area contributed by atoms with Gasteiger partial charge in [-0.05, 0) is 25.5 Å². The van der Waals surface area contributed by atoms with Gasteiger partial charge in [-0.25, -0.2) is 0 Å². The van der Waals surface area contributed by atoms with Gasteiger partial charge in [0.25, 0.3) is 11.1 Å². The highest BCUT2D eigenvalue weighted by molar-refractivity contribution is 7.15. The monoisotopic (exact) mass is 371 g/mol. The zero-order valence-electron chi connectivity index (χ0n) is 14.9. The molecule has 2 aromatic heterocycles. The van der Waals surface area contributed by atoms with E-state index in [-0.39, 0.29) is 11.3 Å². The Bertz CT molecular complexity index is 1070. The first-order valence-corrected chi connectivity index (χ1v) is 9.56. The minimum Gasteiger partial charge on any atom is -0.493 e. The number of para-hydroxylation sites is 1. The van der Waals surface area contributed by atoms with E-state index in [0.29, 0.717) is 16.1 Å². The van der Waals surface area contributed by atoms with Crippen molar-refractivity contribution < 1.29 is 4.74 Å². The van der Waals surface area contributed by atoms with Crippen molar-refractivity contribution in [2.45, 2.75) is 39.5 Å². The second-order valence-corrected chi connectivity index (χ2v) is 7.07. The van der Waals surface area contributed by atoms with E-state index in [4.69, 9.17) is 4.74 Å². The Kier molecular flexibility index (Phi) is 5.78. The number of unbranched alkanes of at least 4 members (excludes halogenated alkanes) is 3. The van der Waals surface area contributed by atoms with Gasteiger partial charge in [-0.2, -0.15) is 14.6 Å². The standard InChI is InChI=1S/C19H21N3O3S/c1-3-4-5-8-11-25-15-10-7-6-9-14(15)12-16-18(24)22-19(26-16)20-17(23)13(2)21-22/h6-7,9-10,12H,3-5,8,11H2,1-2H3/b16-12+. The molecule has 0 aliphatic rings. The van der Waals surface area contributed by atoms with Gasteiger partial charge >= 0.3 is 0 Å². The van der Waals surface area contributed by atoms with Gasteiger partial charge < -0.3 is 4.74 Å². The molecule has 0 unspecified atom stereocenters. The summed E-state index contributed by atoms with van der Waals surface area (Å²) >= 11 is 1.15. The Balaban J connectivity index is 1.93. The molecule has 0 radical (unpaired) electrons. The molecule has 0 fully saturated rings. The SMILES string of the molecule is CCCCCCOc1ccccc1/C=c1/sc2nc(=O)c(C)nn2c1=O. The van der Waals surface area contributed by atoms with Crippen molar-refractivity contribution in [3.05, 3.63) is 60.8 Å².